The van der Waals surface area contributed by atoms with Crippen molar-refractivity contribution in [3.63, 3.8) is 0 Å². The molecule has 0 aliphatic rings. The largest absolute Gasteiger partial charge is 0.490 e. The van der Waals surface area contributed by atoms with Crippen LogP contribution in [-0.2, 0) is 0 Å². The molecular formula is C13H11N3O2. The summed E-state index contributed by atoms with van der Waals surface area (Å²) in [6.45, 7) is 0. The van der Waals surface area contributed by atoms with Gasteiger partial charge in [-0.2, -0.15) is 10.2 Å². The maximum absolute atomic E-state index is 8.86. The van der Waals surface area contributed by atoms with Gasteiger partial charge in [-0.05, 0) is 12.1 Å². The van der Waals surface area contributed by atoms with Crippen LogP contribution in [0.15, 0.2) is 30.5 Å². The molecule has 0 radical (unpaired) electrons. The van der Waals surface area contributed by atoms with E-state index in [4.69, 9.17) is 14.7 Å². The van der Waals surface area contributed by atoms with Crippen molar-refractivity contribution in [1.82, 2.24) is 9.97 Å². The van der Waals surface area contributed by atoms with Gasteiger partial charge in [-0.25, -0.2) is 4.98 Å². The normalized spacial score (nSPS) is 9.61. The zero-order valence-corrected chi connectivity index (χ0v) is 10.0. The first-order chi connectivity index (χ1) is 8.78. The van der Waals surface area contributed by atoms with Gasteiger partial charge < -0.3 is 9.47 Å². The van der Waals surface area contributed by atoms with E-state index in [9.17, 15) is 0 Å². The van der Waals surface area contributed by atoms with Gasteiger partial charge in [0.05, 0.1) is 32.0 Å². The number of ether oxygens (including phenoxy) is 2. The van der Waals surface area contributed by atoms with Crippen LogP contribution in [0.1, 0.15) is 5.56 Å². The Bertz CT molecular complexity index is 605. The van der Waals surface area contributed by atoms with Gasteiger partial charge >= 0.3 is 0 Å². The molecular weight excluding hydrogens is 230 g/mol. The molecule has 2 aromatic rings. The molecule has 1 aromatic carbocycles. The Morgan fingerprint density at radius 2 is 2.06 bits per heavy atom. The average molecular weight is 241 g/mol. The van der Waals surface area contributed by atoms with E-state index < -0.39 is 0 Å². The monoisotopic (exact) mass is 241 g/mol. The molecule has 90 valence electrons. The topological polar surface area (TPSA) is 68.0 Å². The molecule has 18 heavy (non-hydrogen) atoms. The lowest BCUT2D eigenvalue weighted by molar-refractivity contribution is 0.341. The summed E-state index contributed by atoms with van der Waals surface area (Å²) in [7, 11) is 3.04. The highest BCUT2D eigenvalue weighted by Gasteiger charge is 2.09. The fraction of sp³-hybridized carbons (Fsp3) is 0.154. The van der Waals surface area contributed by atoms with E-state index in [1.807, 2.05) is 6.07 Å². The molecule has 0 unspecified atom stereocenters. The lowest BCUT2D eigenvalue weighted by Gasteiger charge is -2.07. The minimum Gasteiger partial charge on any atom is -0.490 e. The zero-order chi connectivity index (χ0) is 13.0. The minimum absolute atomic E-state index is 0.366. The molecule has 0 aliphatic carbocycles. The Hall–Kier alpha value is -2.61. The van der Waals surface area contributed by atoms with Gasteiger partial charge in [-0.15, -0.1) is 0 Å². The van der Waals surface area contributed by atoms with Gasteiger partial charge in [-0.3, -0.25) is 0 Å². The molecule has 0 atom stereocenters. The molecule has 0 aliphatic heterocycles. The van der Waals surface area contributed by atoms with Gasteiger partial charge in [0.2, 0.25) is 0 Å². The Labute approximate surface area is 105 Å². The van der Waals surface area contributed by atoms with Crippen LogP contribution in [0.5, 0.6) is 11.6 Å². The van der Waals surface area contributed by atoms with Gasteiger partial charge in [0, 0.05) is 5.56 Å². The molecule has 0 saturated heterocycles. The van der Waals surface area contributed by atoms with Crippen molar-refractivity contribution in [2.24, 2.45) is 0 Å². The van der Waals surface area contributed by atoms with Gasteiger partial charge in [0.1, 0.15) is 0 Å². The van der Waals surface area contributed by atoms with Crippen LogP contribution in [-0.4, -0.2) is 24.2 Å². The summed E-state index contributed by atoms with van der Waals surface area (Å²) in [5.41, 5.74) is 1.32. The van der Waals surface area contributed by atoms with Gasteiger partial charge in [-0.1, -0.05) is 12.1 Å². The Morgan fingerprint density at radius 1 is 1.22 bits per heavy atom. The summed E-state index contributed by atoms with van der Waals surface area (Å²) >= 11 is 0. The summed E-state index contributed by atoms with van der Waals surface area (Å²) in [5.74, 6) is 1.33. The second-order valence-electron chi connectivity index (χ2n) is 3.46. The quantitative estimate of drug-likeness (QED) is 0.822. The highest BCUT2D eigenvalue weighted by molar-refractivity contribution is 5.58. The lowest BCUT2D eigenvalue weighted by atomic mass is 10.1. The Balaban J connectivity index is 2.48. The fourth-order valence-electron chi connectivity index (χ4n) is 1.51. The third-order valence-electron chi connectivity index (χ3n) is 2.39. The maximum atomic E-state index is 8.86. The van der Waals surface area contributed by atoms with E-state index in [0.717, 1.165) is 5.56 Å². The Kier molecular flexibility index (Phi) is 3.39. The van der Waals surface area contributed by atoms with Crippen LogP contribution < -0.4 is 9.47 Å². The summed E-state index contributed by atoms with van der Waals surface area (Å²) < 4.78 is 10.2. The number of methoxy groups -OCH3 is 2. The Morgan fingerprint density at radius 3 is 2.72 bits per heavy atom. The summed E-state index contributed by atoms with van der Waals surface area (Å²) in [5, 5.41) is 8.86. The van der Waals surface area contributed by atoms with Crippen LogP contribution in [0.3, 0.4) is 0 Å². The van der Waals surface area contributed by atoms with E-state index in [1.165, 1.54) is 14.2 Å². The van der Waals surface area contributed by atoms with E-state index in [2.05, 4.69) is 16.0 Å². The van der Waals surface area contributed by atoms with E-state index in [0.29, 0.717) is 23.0 Å². The number of rotatable bonds is 3. The van der Waals surface area contributed by atoms with Gasteiger partial charge in [0.15, 0.2) is 11.6 Å². The number of aromatic nitrogens is 2. The number of hydrogen-bond acceptors (Lipinski definition) is 5. The van der Waals surface area contributed by atoms with E-state index in [-0.39, 0.29) is 0 Å². The molecule has 0 N–H and O–H groups in total. The standard InChI is InChI=1S/C13H11N3O2/c1-17-11-8-15-12(16-13(11)18-2)10-5-3-4-9(6-10)7-14/h3-6,8H,1-2H3. The first-order valence-electron chi connectivity index (χ1n) is 5.24. The molecule has 5 heteroatoms. The lowest BCUT2D eigenvalue weighted by Crippen LogP contribution is -1.97. The van der Waals surface area contributed by atoms with Gasteiger partial charge in [0.25, 0.3) is 5.88 Å². The number of nitriles is 1. The predicted molar refractivity (Wildman–Crippen MR) is 65.3 cm³/mol. The average Bonchev–Trinajstić information content (AvgIpc) is 2.46. The van der Waals surface area contributed by atoms with Crippen molar-refractivity contribution < 1.29 is 9.47 Å². The SMILES string of the molecule is COc1cnc(-c2cccc(C#N)c2)nc1OC. The fourth-order valence-corrected chi connectivity index (χ4v) is 1.51. The van der Waals surface area contributed by atoms with Crippen LogP contribution >= 0.6 is 0 Å². The van der Waals surface area contributed by atoms with Crippen molar-refractivity contribution in [2.45, 2.75) is 0 Å². The highest BCUT2D eigenvalue weighted by Crippen LogP contribution is 2.26. The predicted octanol–water partition coefficient (Wildman–Crippen LogP) is 2.03. The molecule has 0 spiro atoms. The third-order valence-corrected chi connectivity index (χ3v) is 2.39. The summed E-state index contributed by atoms with van der Waals surface area (Å²) in [4.78, 5) is 8.42. The van der Waals surface area contributed by atoms with Crippen LogP contribution in [0, 0.1) is 11.3 Å². The number of hydrogen-bond donors (Lipinski definition) is 0. The highest BCUT2D eigenvalue weighted by atomic mass is 16.5. The minimum atomic E-state index is 0.366. The smallest absolute Gasteiger partial charge is 0.260 e. The molecule has 0 amide bonds. The first-order valence-corrected chi connectivity index (χ1v) is 5.24. The van der Waals surface area contributed by atoms with Crippen molar-refractivity contribution in [2.75, 3.05) is 14.2 Å². The molecule has 5 nitrogen and oxygen atoms in total. The molecule has 0 bridgehead atoms. The van der Waals surface area contributed by atoms with E-state index in [1.54, 1.807) is 24.4 Å². The second kappa shape index (κ2) is 5.15. The molecule has 2 rings (SSSR count). The summed E-state index contributed by atoms with van der Waals surface area (Å²) in [6.07, 6.45) is 1.54. The zero-order valence-electron chi connectivity index (χ0n) is 10.0. The molecule has 0 fully saturated rings. The third kappa shape index (κ3) is 2.23. The van der Waals surface area contributed by atoms with Crippen LogP contribution in [0.4, 0.5) is 0 Å². The summed E-state index contributed by atoms with van der Waals surface area (Å²) in [6, 6.07) is 9.15. The number of nitrogens with zero attached hydrogens (tertiary/aromatic N) is 3. The molecule has 0 saturated carbocycles. The van der Waals surface area contributed by atoms with Crippen molar-refractivity contribution in [3.8, 4) is 29.1 Å². The molecule has 1 heterocycles. The van der Waals surface area contributed by atoms with Crippen LogP contribution in [0.25, 0.3) is 11.4 Å². The van der Waals surface area contributed by atoms with Crippen molar-refractivity contribution >= 4 is 0 Å². The van der Waals surface area contributed by atoms with Crippen LogP contribution in [0.2, 0.25) is 0 Å². The second-order valence-corrected chi connectivity index (χ2v) is 3.46. The van der Waals surface area contributed by atoms with Crippen molar-refractivity contribution in [3.05, 3.63) is 36.0 Å². The first kappa shape index (κ1) is 11.9. The van der Waals surface area contributed by atoms with E-state index >= 15 is 0 Å². The number of benzene rings is 1. The molecule has 1 aromatic heterocycles. The van der Waals surface area contributed by atoms with Crippen molar-refractivity contribution in [1.29, 1.82) is 5.26 Å². The maximum Gasteiger partial charge on any atom is 0.260 e.